The van der Waals surface area contributed by atoms with Gasteiger partial charge < -0.3 is 9.47 Å². The maximum Gasteiger partial charge on any atom is 0.316 e. The highest BCUT2D eigenvalue weighted by atomic mass is 16.5. The molecule has 43 heavy (non-hydrogen) atoms. The molecular weight excluding hydrogens is 528 g/mol. The topological polar surface area (TPSA) is 35.5 Å². The first-order valence-corrected chi connectivity index (χ1v) is 17.6. The van der Waals surface area contributed by atoms with Crippen molar-refractivity contribution in [3.63, 3.8) is 0 Å². The summed E-state index contributed by atoms with van der Waals surface area (Å²) in [4.78, 5) is 13.3. The largest absolute Gasteiger partial charge is 0.488 e. The van der Waals surface area contributed by atoms with Crippen molar-refractivity contribution in [3.05, 3.63) is 58.7 Å². The van der Waals surface area contributed by atoms with Crippen LogP contribution < -0.4 is 9.47 Å². The number of rotatable bonds is 12. The molecule has 3 nitrogen and oxygen atoms in total. The molecule has 0 spiro atoms. The summed E-state index contributed by atoms with van der Waals surface area (Å²) in [6, 6.07) is 13.7. The highest BCUT2D eigenvalue weighted by molar-refractivity contribution is 5.78. The molecular formula is C40H60O3. The second-order valence-electron chi connectivity index (χ2n) is 15.4. The smallest absolute Gasteiger partial charge is 0.316 e. The van der Waals surface area contributed by atoms with Crippen LogP contribution in [0.3, 0.4) is 0 Å². The fourth-order valence-corrected chi connectivity index (χ4v) is 7.61. The molecule has 0 saturated heterocycles. The summed E-state index contributed by atoms with van der Waals surface area (Å²) in [7, 11) is 0. The summed E-state index contributed by atoms with van der Waals surface area (Å²) >= 11 is 0. The molecule has 0 heterocycles. The Morgan fingerprint density at radius 2 is 1.14 bits per heavy atom. The third-order valence-corrected chi connectivity index (χ3v) is 10.4. The Balaban J connectivity index is 1.72. The maximum absolute atomic E-state index is 13.3. The van der Waals surface area contributed by atoms with E-state index in [-0.39, 0.29) is 17.0 Å². The highest BCUT2D eigenvalue weighted by Gasteiger charge is 2.33. The van der Waals surface area contributed by atoms with Crippen molar-refractivity contribution in [3.8, 4) is 11.5 Å². The summed E-state index contributed by atoms with van der Waals surface area (Å²) in [6.07, 6.45) is 16.5. The van der Waals surface area contributed by atoms with Gasteiger partial charge >= 0.3 is 5.97 Å². The van der Waals surface area contributed by atoms with Gasteiger partial charge in [-0.05, 0) is 112 Å². The van der Waals surface area contributed by atoms with E-state index < -0.39 is 5.41 Å². The molecule has 2 aliphatic rings. The van der Waals surface area contributed by atoms with Crippen molar-refractivity contribution in [1.29, 1.82) is 0 Å². The van der Waals surface area contributed by atoms with Crippen molar-refractivity contribution in [2.45, 2.75) is 168 Å². The zero-order valence-corrected chi connectivity index (χ0v) is 28.7. The van der Waals surface area contributed by atoms with E-state index in [2.05, 4.69) is 77.9 Å². The molecule has 0 atom stereocenters. The molecule has 2 aromatic carbocycles. The zero-order chi connectivity index (χ0) is 31.3. The predicted octanol–water partition coefficient (Wildman–Crippen LogP) is 11.8. The van der Waals surface area contributed by atoms with E-state index >= 15 is 0 Å². The van der Waals surface area contributed by atoms with Crippen LogP contribution >= 0.6 is 0 Å². The van der Waals surface area contributed by atoms with Crippen molar-refractivity contribution >= 4 is 5.97 Å². The summed E-state index contributed by atoms with van der Waals surface area (Å²) in [5.74, 6) is 2.73. The molecule has 2 aliphatic carbocycles. The monoisotopic (exact) mass is 588 g/mol. The van der Waals surface area contributed by atoms with Crippen LogP contribution in [0.1, 0.15) is 179 Å². The number of carbonyl (C=O) groups is 1. The first kappa shape index (κ1) is 33.6. The third kappa shape index (κ3) is 8.25. The molecule has 3 heteroatoms. The van der Waals surface area contributed by atoms with Gasteiger partial charge in [-0.1, -0.05) is 103 Å². The summed E-state index contributed by atoms with van der Waals surface area (Å²) in [6.45, 7) is 17.5. The Labute approximate surface area is 263 Å². The normalized spacial score (nSPS) is 17.6. The number of hydrogen-bond donors (Lipinski definition) is 0. The van der Waals surface area contributed by atoms with Crippen LogP contribution in [0.4, 0.5) is 0 Å². The van der Waals surface area contributed by atoms with E-state index in [1.54, 1.807) is 0 Å². The van der Waals surface area contributed by atoms with Crippen LogP contribution in [0, 0.1) is 5.41 Å². The van der Waals surface area contributed by atoms with Crippen LogP contribution in [0.5, 0.6) is 11.5 Å². The minimum absolute atomic E-state index is 0.114. The number of benzene rings is 2. The molecule has 4 rings (SSSR count). The van der Waals surface area contributed by atoms with Gasteiger partial charge in [0.1, 0.15) is 17.1 Å². The van der Waals surface area contributed by atoms with E-state index in [9.17, 15) is 4.79 Å². The van der Waals surface area contributed by atoms with Crippen LogP contribution in [-0.4, -0.2) is 11.6 Å². The lowest BCUT2D eigenvalue weighted by Crippen LogP contribution is -2.29. The zero-order valence-electron chi connectivity index (χ0n) is 28.7. The summed E-state index contributed by atoms with van der Waals surface area (Å²) in [5.41, 5.74) is 4.37. The molecule has 0 N–H and O–H groups in total. The Morgan fingerprint density at radius 3 is 1.63 bits per heavy atom. The van der Waals surface area contributed by atoms with E-state index in [1.165, 1.54) is 73.6 Å². The maximum atomic E-state index is 13.3. The van der Waals surface area contributed by atoms with Gasteiger partial charge in [0.25, 0.3) is 0 Å². The Morgan fingerprint density at radius 1 is 0.674 bits per heavy atom. The molecule has 238 valence electrons. The standard InChI is InChI=1S/C40H60O3/c1-9-25-38(3,4)37(41)42-35-23-21-31(27-33(35)29-17-13-11-14-18-29)40(7,8)32-22-24-36(43-39(5,6)26-10-2)34(28-32)30-19-15-12-16-20-30/h21-24,27-30H,9-20,25-26H2,1-8H3. The van der Waals surface area contributed by atoms with Gasteiger partial charge in [0.15, 0.2) is 0 Å². The van der Waals surface area contributed by atoms with E-state index in [4.69, 9.17) is 9.47 Å². The van der Waals surface area contributed by atoms with Gasteiger partial charge in [0, 0.05) is 5.41 Å². The third-order valence-electron chi connectivity index (χ3n) is 10.4. The number of carbonyl (C=O) groups excluding carboxylic acids is 1. The number of hydrogen-bond acceptors (Lipinski definition) is 3. The molecule has 2 aromatic rings. The molecule has 0 aromatic heterocycles. The second-order valence-corrected chi connectivity index (χ2v) is 15.4. The van der Waals surface area contributed by atoms with Gasteiger partial charge in [-0.15, -0.1) is 0 Å². The van der Waals surface area contributed by atoms with Crippen LogP contribution in [0.15, 0.2) is 36.4 Å². The van der Waals surface area contributed by atoms with E-state index in [0.717, 1.165) is 50.0 Å². The predicted molar refractivity (Wildman–Crippen MR) is 181 cm³/mol. The lowest BCUT2D eigenvalue weighted by Gasteiger charge is -2.33. The van der Waals surface area contributed by atoms with Gasteiger partial charge in [-0.25, -0.2) is 0 Å². The van der Waals surface area contributed by atoms with E-state index in [0.29, 0.717) is 11.8 Å². The van der Waals surface area contributed by atoms with Gasteiger partial charge in [0.2, 0.25) is 0 Å². The minimum atomic E-state index is -0.485. The van der Waals surface area contributed by atoms with Gasteiger partial charge in [0.05, 0.1) is 5.41 Å². The second kappa shape index (κ2) is 14.2. The highest BCUT2D eigenvalue weighted by Crippen LogP contribution is 2.45. The van der Waals surface area contributed by atoms with E-state index in [1.807, 2.05) is 13.8 Å². The van der Waals surface area contributed by atoms with Crippen LogP contribution in [0.2, 0.25) is 0 Å². The summed E-state index contributed by atoms with van der Waals surface area (Å²) < 4.78 is 13.0. The Bertz CT molecular complexity index is 1210. The van der Waals surface area contributed by atoms with Gasteiger partial charge in [-0.3, -0.25) is 4.79 Å². The molecule has 0 bridgehead atoms. The molecule has 0 amide bonds. The number of esters is 1. The molecule has 2 saturated carbocycles. The van der Waals surface area contributed by atoms with Crippen molar-refractivity contribution < 1.29 is 14.3 Å². The number of ether oxygens (including phenoxy) is 2. The first-order chi connectivity index (χ1) is 20.4. The molecule has 2 fully saturated rings. The average Bonchev–Trinajstić information content (AvgIpc) is 2.98. The average molecular weight is 589 g/mol. The lowest BCUT2D eigenvalue weighted by molar-refractivity contribution is -0.144. The van der Waals surface area contributed by atoms with Crippen molar-refractivity contribution in [1.82, 2.24) is 0 Å². The SMILES string of the molecule is CCCC(C)(C)Oc1ccc(C(C)(C)c2ccc(OC(=O)C(C)(C)CCC)c(C3CCCCC3)c2)cc1C1CCCCC1. The van der Waals surface area contributed by atoms with Crippen molar-refractivity contribution in [2.75, 3.05) is 0 Å². The first-order valence-electron chi connectivity index (χ1n) is 17.6. The quantitative estimate of drug-likeness (QED) is 0.183. The molecule has 0 unspecified atom stereocenters. The van der Waals surface area contributed by atoms with Crippen LogP contribution in [0.25, 0.3) is 0 Å². The van der Waals surface area contributed by atoms with Crippen molar-refractivity contribution in [2.24, 2.45) is 5.41 Å². The molecule has 0 aliphatic heterocycles. The molecule has 0 radical (unpaired) electrons. The lowest BCUT2D eigenvalue weighted by atomic mass is 9.74. The minimum Gasteiger partial charge on any atom is -0.488 e. The Kier molecular flexibility index (Phi) is 11.1. The fourth-order valence-electron chi connectivity index (χ4n) is 7.61. The van der Waals surface area contributed by atoms with Crippen LogP contribution in [-0.2, 0) is 10.2 Å². The summed E-state index contributed by atoms with van der Waals surface area (Å²) in [5, 5.41) is 0. The fraction of sp³-hybridized carbons (Fsp3) is 0.675. The Hall–Kier alpha value is -2.29. The van der Waals surface area contributed by atoms with Gasteiger partial charge in [-0.2, -0.15) is 0 Å².